The lowest BCUT2D eigenvalue weighted by molar-refractivity contribution is -0.139. The van der Waals surface area contributed by atoms with Crippen LogP contribution in [0.15, 0.2) is 135 Å². The van der Waals surface area contributed by atoms with Gasteiger partial charge in [-0.15, -0.1) is 0 Å². The summed E-state index contributed by atoms with van der Waals surface area (Å²) in [7, 11) is 0. The van der Waals surface area contributed by atoms with E-state index in [4.69, 9.17) is 23.7 Å². The summed E-state index contributed by atoms with van der Waals surface area (Å²) in [5.74, 6) is 14.3. The lowest BCUT2D eigenvalue weighted by Gasteiger charge is -2.10. The van der Waals surface area contributed by atoms with E-state index in [0.29, 0.717) is 30.5 Å². The van der Waals surface area contributed by atoms with Crippen molar-refractivity contribution in [2.45, 2.75) is 12.8 Å². The van der Waals surface area contributed by atoms with E-state index in [2.05, 4.69) is 49.1 Å². The first-order valence-electron chi connectivity index (χ1n) is 15.8. The molecule has 7 nitrogen and oxygen atoms in total. The van der Waals surface area contributed by atoms with Gasteiger partial charge in [0.1, 0.15) is 30.5 Å². The average Bonchev–Trinajstić information content (AvgIpc) is 3.16. The minimum absolute atomic E-state index is 0.131. The predicted molar refractivity (Wildman–Crippen MR) is 193 cm³/mol. The average molecular weight is 665 g/mol. The van der Waals surface area contributed by atoms with Crippen molar-refractivity contribution in [2.24, 2.45) is 0 Å². The Morgan fingerprint density at radius 2 is 0.920 bits per heavy atom. The minimum Gasteiger partial charge on any atom is -0.494 e. The maximum absolute atomic E-state index is 11.1. The molecule has 0 heterocycles. The van der Waals surface area contributed by atoms with Gasteiger partial charge in [-0.1, -0.05) is 49.1 Å². The van der Waals surface area contributed by atoms with Gasteiger partial charge in [0, 0.05) is 40.0 Å². The van der Waals surface area contributed by atoms with E-state index < -0.39 is 11.9 Å². The number of hydrogen-bond donors (Lipinski definition) is 0. The van der Waals surface area contributed by atoms with Crippen molar-refractivity contribution in [3.05, 3.63) is 162 Å². The van der Waals surface area contributed by atoms with Crippen LogP contribution in [-0.2, 0) is 19.1 Å². The first-order chi connectivity index (χ1) is 24.4. The van der Waals surface area contributed by atoms with Crippen molar-refractivity contribution in [1.29, 1.82) is 0 Å². The van der Waals surface area contributed by atoms with Gasteiger partial charge in [0.2, 0.25) is 0 Å². The molecule has 0 saturated heterocycles. The van der Waals surface area contributed by atoms with Crippen molar-refractivity contribution in [1.82, 2.24) is 0 Å². The van der Waals surface area contributed by atoms with E-state index in [0.717, 1.165) is 58.6 Å². The lowest BCUT2D eigenvalue weighted by atomic mass is 10.1. The Kier molecular flexibility index (Phi) is 14.4. The molecule has 0 bridgehead atoms. The van der Waals surface area contributed by atoms with Gasteiger partial charge in [0.05, 0.1) is 13.2 Å². The van der Waals surface area contributed by atoms with Crippen LogP contribution in [0.4, 0.5) is 0 Å². The molecule has 0 aliphatic carbocycles. The SMILES string of the molecule is C=C=C(Oc1ccc(OCCOC(=O)C=C)cc1)c1ccc(C#Cc2ccc(C#Cc3ccc(OCCCCOC(=O)C=C)cc3)cc2)cc1. The molecular weight excluding hydrogens is 628 g/mol. The van der Waals surface area contributed by atoms with Crippen LogP contribution in [0.3, 0.4) is 0 Å². The van der Waals surface area contributed by atoms with Gasteiger partial charge in [-0.25, -0.2) is 9.59 Å². The Balaban J connectivity index is 1.23. The largest absolute Gasteiger partial charge is 0.494 e. The lowest BCUT2D eigenvalue weighted by Crippen LogP contribution is -2.10. The van der Waals surface area contributed by atoms with Gasteiger partial charge in [-0.05, 0) is 110 Å². The summed E-state index contributed by atoms with van der Waals surface area (Å²) in [6.07, 6.45) is 3.77. The molecule has 0 aromatic heterocycles. The van der Waals surface area contributed by atoms with Crippen LogP contribution in [0.2, 0.25) is 0 Å². The smallest absolute Gasteiger partial charge is 0.330 e. The van der Waals surface area contributed by atoms with Crippen molar-refractivity contribution >= 4 is 17.7 Å². The number of carbonyl (C=O) groups excluding carboxylic acids is 2. The molecule has 7 heteroatoms. The van der Waals surface area contributed by atoms with Crippen molar-refractivity contribution in [3.8, 4) is 40.9 Å². The van der Waals surface area contributed by atoms with Crippen LogP contribution >= 0.6 is 0 Å². The normalized spacial score (nSPS) is 9.68. The Hall–Kier alpha value is -6.66. The molecule has 0 aliphatic heterocycles. The summed E-state index contributed by atoms with van der Waals surface area (Å²) in [4.78, 5) is 22.1. The molecule has 250 valence electrons. The molecule has 4 aromatic carbocycles. The van der Waals surface area contributed by atoms with Crippen molar-refractivity contribution in [2.75, 3.05) is 26.4 Å². The fraction of sp³-hybridized carbons (Fsp3) is 0.140. The second kappa shape index (κ2) is 19.9. The minimum atomic E-state index is -0.488. The van der Waals surface area contributed by atoms with Crippen LogP contribution in [0, 0.1) is 23.7 Å². The van der Waals surface area contributed by atoms with Crippen LogP contribution in [0.1, 0.15) is 40.7 Å². The van der Waals surface area contributed by atoms with E-state index in [-0.39, 0.29) is 13.2 Å². The predicted octanol–water partition coefficient (Wildman–Crippen LogP) is 7.69. The quantitative estimate of drug-likeness (QED) is 0.0322. The summed E-state index contributed by atoms with van der Waals surface area (Å²) in [5, 5.41) is 0. The van der Waals surface area contributed by atoms with E-state index in [1.807, 2.05) is 72.8 Å². The van der Waals surface area contributed by atoms with Gasteiger partial charge in [-0.2, -0.15) is 0 Å². The Labute approximate surface area is 293 Å². The number of esters is 2. The number of carbonyl (C=O) groups is 2. The zero-order chi connectivity index (χ0) is 35.4. The highest BCUT2D eigenvalue weighted by atomic mass is 16.6. The van der Waals surface area contributed by atoms with Crippen LogP contribution in [0.5, 0.6) is 17.2 Å². The molecule has 0 fully saturated rings. The zero-order valence-corrected chi connectivity index (χ0v) is 27.6. The molecule has 4 aromatic rings. The molecule has 0 spiro atoms. The fourth-order valence-electron chi connectivity index (χ4n) is 4.17. The summed E-state index contributed by atoms with van der Waals surface area (Å²) in [5.41, 5.74) is 7.15. The highest BCUT2D eigenvalue weighted by Gasteiger charge is 2.05. The van der Waals surface area contributed by atoms with Crippen LogP contribution < -0.4 is 14.2 Å². The van der Waals surface area contributed by atoms with Crippen LogP contribution in [0.25, 0.3) is 5.76 Å². The maximum Gasteiger partial charge on any atom is 0.330 e. The van der Waals surface area contributed by atoms with Gasteiger partial charge < -0.3 is 23.7 Å². The molecule has 0 aliphatic rings. The second-order valence-electron chi connectivity index (χ2n) is 10.4. The topological polar surface area (TPSA) is 80.3 Å². The summed E-state index contributed by atoms with van der Waals surface area (Å²) in [6, 6.07) is 30.1. The standard InChI is InChI=1S/C43H36O7/c1-4-41(50-40-27-25-39(26-28-40)47-31-32-49-43(45)6-3)37-21-17-35(18-22-37)15-13-33-9-11-34(12-10-33)14-16-36-19-23-38(24-20-36)46-29-7-8-30-48-42(44)5-2/h5-6,9-12,17-28H,1-3,7-8,29-32H2. The van der Waals surface area contributed by atoms with Crippen LogP contribution in [-0.4, -0.2) is 38.4 Å². The fourth-order valence-corrected chi connectivity index (χ4v) is 4.17. The van der Waals surface area contributed by atoms with E-state index in [9.17, 15) is 9.59 Å². The van der Waals surface area contributed by atoms with Gasteiger partial charge in [-0.3, -0.25) is 0 Å². The maximum atomic E-state index is 11.1. The van der Waals surface area contributed by atoms with E-state index in [1.54, 1.807) is 24.3 Å². The molecule has 0 unspecified atom stereocenters. The molecule has 50 heavy (non-hydrogen) atoms. The van der Waals surface area contributed by atoms with E-state index >= 15 is 0 Å². The Morgan fingerprint density at radius 1 is 0.520 bits per heavy atom. The first-order valence-corrected chi connectivity index (χ1v) is 15.8. The van der Waals surface area contributed by atoms with Gasteiger partial charge in [0.25, 0.3) is 0 Å². The Bertz CT molecular complexity index is 1930. The molecule has 0 radical (unpaired) electrons. The summed E-state index contributed by atoms with van der Waals surface area (Å²) in [6.45, 7) is 11.7. The summed E-state index contributed by atoms with van der Waals surface area (Å²) >= 11 is 0. The molecule has 0 saturated carbocycles. The molecule has 0 N–H and O–H groups in total. The first kappa shape index (κ1) is 36.2. The molecular formula is C43H36O7. The van der Waals surface area contributed by atoms with Crippen molar-refractivity contribution in [3.63, 3.8) is 0 Å². The molecule has 0 amide bonds. The highest BCUT2D eigenvalue weighted by Crippen LogP contribution is 2.23. The summed E-state index contributed by atoms with van der Waals surface area (Å²) < 4.78 is 27.1. The number of benzene rings is 4. The highest BCUT2D eigenvalue weighted by molar-refractivity contribution is 5.81. The number of hydrogen-bond acceptors (Lipinski definition) is 7. The number of ether oxygens (including phenoxy) is 5. The second-order valence-corrected chi connectivity index (χ2v) is 10.4. The van der Waals surface area contributed by atoms with Crippen molar-refractivity contribution < 1.29 is 33.3 Å². The third-order valence-electron chi connectivity index (χ3n) is 6.77. The molecule has 4 rings (SSSR count). The number of rotatable bonds is 15. The van der Waals surface area contributed by atoms with E-state index in [1.165, 1.54) is 0 Å². The monoisotopic (exact) mass is 664 g/mol. The Morgan fingerprint density at radius 3 is 1.42 bits per heavy atom. The molecule has 0 atom stereocenters. The third kappa shape index (κ3) is 12.5. The zero-order valence-electron chi connectivity index (χ0n) is 27.6. The van der Waals surface area contributed by atoms with Gasteiger partial charge in [0.15, 0.2) is 5.76 Å². The van der Waals surface area contributed by atoms with Gasteiger partial charge >= 0.3 is 11.9 Å². The number of unbranched alkanes of at least 4 members (excludes halogenated alkanes) is 1. The third-order valence-corrected chi connectivity index (χ3v) is 6.77.